The Kier molecular flexibility index (Phi) is 3.69. The number of benzene rings is 1. The fourth-order valence-electron chi connectivity index (χ4n) is 3.30. The van der Waals surface area contributed by atoms with E-state index in [4.69, 9.17) is 4.42 Å². The smallest absolute Gasteiger partial charge is 0.287 e. The minimum atomic E-state index is -0.154. The largest absolute Gasteiger partial charge is 0.455 e. The zero-order valence-corrected chi connectivity index (χ0v) is 13.6. The average molecular weight is 321 g/mol. The highest BCUT2D eigenvalue weighted by atomic mass is 16.4. The molecule has 3 aromatic rings. The van der Waals surface area contributed by atoms with Crippen LogP contribution in [0.5, 0.6) is 0 Å². The number of carbonyl (C=O) groups is 1. The van der Waals surface area contributed by atoms with Crippen LogP contribution in [0.2, 0.25) is 0 Å². The number of amides is 1. The lowest BCUT2D eigenvalue weighted by molar-refractivity contribution is 0.0924. The molecule has 0 radical (unpaired) electrons. The fourth-order valence-corrected chi connectivity index (χ4v) is 3.30. The molecule has 0 fully saturated rings. The van der Waals surface area contributed by atoms with E-state index in [1.807, 2.05) is 31.3 Å². The zero-order chi connectivity index (χ0) is 16.5. The highest BCUT2D eigenvalue weighted by Gasteiger charge is 2.28. The summed E-state index contributed by atoms with van der Waals surface area (Å²) in [7, 11) is 0. The number of hydrogen-bond acceptors (Lipinski definition) is 3. The van der Waals surface area contributed by atoms with Crippen LogP contribution in [-0.2, 0) is 19.3 Å². The Bertz CT molecular complexity index is 877. The molecule has 122 valence electrons. The summed E-state index contributed by atoms with van der Waals surface area (Å²) in [6.45, 7) is 2.52. The molecule has 24 heavy (non-hydrogen) atoms. The first-order chi connectivity index (χ1) is 11.7. The van der Waals surface area contributed by atoms with Crippen molar-refractivity contribution < 1.29 is 9.21 Å². The number of nitrogens with zero attached hydrogens (tertiary/aromatic N) is 1. The number of aryl methyl sites for hydroxylation is 2. The van der Waals surface area contributed by atoms with Crippen LogP contribution in [0.15, 0.2) is 40.9 Å². The lowest BCUT2D eigenvalue weighted by atomic mass is 9.93. The second kappa shape index (κ2) is 6.00. The molecule has 0 spiro atoms. The van der Waals surface area contributed by atoms with Crippen molar-refractivity contribution in [3.8, 4) is 11.3 Å². The van der Waals surface area contributed by atoms with E-state index in [1.165, 1.54) is 11.1 Å². The van der Waals surface area contributed by atoms with Crippen molar-refractivity contribution in [3.05, 3.63) is 64.7 Å². The van der Waals surface area contributed by atoms with E-state index in [-0.39, 0.29) is 5.91 Å². The molecule has 5 nitrogen and oxygen atoms in total. The van der Waals surface area contributed by atoms with Crippen molar-refractivity contribution in [1.29, 1.82) is 0 Å². The number of nitrogens with one attached hydrogen (secondary N) is 2. The topological polar surface area (TPSA) is 70.9 Å². The monoisotopic (exact) mass is 321 g/mol. The Morgan fingerprint density at radius 1 is 1.29 bits per heavy atom. The van der Waals surface area contributed by atoms with Crippen LogP contribution in [0.1, 0.15) is 33.0 Å². The first-order valence-electron chi connectivity index (χ1n) is 8.21. The summed E-state index contributed by atoms with van der Waals surface area (Å²) in [5.74, 6) is 1.13. The van der Waals surface area contributed by atoms with Crippen LogP contribution in [0, 0.1) is 6.92 Å². The standard InChI is InChI=1S/C19H19N3O2/c1-12-16-15(8-7-14-11-21-22-17(14)16)24-18(12)19(23)20-10-9-13-5-3-2-4-6-13/h2-6,11H,7-10H2,1H3,(H,20,23)(H,21,22). The predicted molar refractivity (Wildman–Crippen MR) is 90.9 cm³/mol. The molecule has 4 rings (SSSR count). The molecule has 2 heterocycles. The Labute approximate surface area is 140 Å². The molecule has 1 aliphatic carbocycles. The van der Waals surface area contributed by atoms with Crippen molar-refractivity contribution in [3.63, 3.8) is 0 Å². The zero-order valence-electron chi connectivity index (χ0n) is 13.6. The Hall–Kier alpha value is -2.82. The van der Waals surface area contributed by atoms with Crippen molar-refractivity contribution in [1.82, 2.24) is 15.5 Å². The minimum absolute atomic E-state index is 0.154. The third kappa shape index (κ3) is 2.52. The molecule has 0 saturated heterocycles. The molecule has 1 aliphatic rings. The summed E-state index contributed by atoms with van der Waals surface area (Å²) in [6.07, 6.45) is 4.35. The van der Waals surface area contributed by atoms with Gasteiger partial charge in [-0.1, -0.05) is 30.3 Å². The summed E-state index contributed by atoms with van der Waals surface area (Å²) in [6, 6.07) is 10.1. The molecule has 0 aliphatic heterocycles. The van der Waals surface area contributed by atoms with E-state index in [1.54, 1.807) is 0 Å². The molecule has 2 N–H and O–H groups in total. The number of rotatable bonds is 4. The molecule has 0 atom stereocenters. The van der Waals surface area contributed by atoms with Crippen molar-refractivity contribution in [2.75, 3.05) is 6.54 Å². The van der Waals surface area contributed by atoms with Crippen LogP contribution in [0.3, 0.4) is 0 Å². The molecule has 1 amide bonds. The van der Waals surface area contributed by atoms with Crippen LogP contribution in [0.25, 0.3) is 11.3 Å². The summed E-state index contributed by atoms with van der Waals surface area (Å²) in [5.41, 5.74) is 5.26. The molecule has 0 bridgehead atoms. The van der Waals surface area contributed by atoms with E-state index in [9.17, 15) is 4.79 Å². The SMILES string of the molecule is Cc1c(C(=O)NCCc2ccccc2)oc2c1-c1[nH]ncc1CC2. The van der Waals surface area contributed by atoms with Crippen LogP contribution < -0.4 is 5.32 Å². The molecule has 5 heteroatoms. The van der Waals surface area contributed by atoms with Crippen molar-refractivity contribution in [2.45, 2.75) is 26.2 Å². The molecule has 2 aromatic heterocycles. The molecular weight excluding hydrogens is 302 g/mol. The predicted octanol–water partition coefficient (Wildman–Crippen LogP) is 3.05. The van der Waals surface area contributed by atoms with E-state index in [0.29, 0.717) is 12.3 Å². The normalized spacial score (nSPS) is 12.5. The number of furan rings is 1. The summed E-state index contributed by atoms with van der Waals surface area (Å²) in [5, 5.41) is 10.1. The molecule has 0 saturated carbocycles. The summed E-state index contributed by atoms with van der Waals surface area (Å²) >= 11 is 0. The Morgan fingerprint density at radius 3 is 2.96 bits per heavy atom. The Morgan fingerprint density at radius 2 is 2.12 bits per heavy atom. The second-order valence-electron chi connectivity index (χ2n) is 6.12. The highest BCUT2D eigenvalue weighted by Crippen LogP contribution is 2.37. The van der Waals surface area contributed by atoms with Gasteiger partial charge in [0.15, 0.2) is 5.76 Å². The number of aromatic amines is 1. The quantitative estimate of drug-likeness (QED) is 0.776. The van der Waals surface area contributed by atoms with Gasteiger partial charge >= 0.3 is 0 Å². The number of fused-ring (bicyclic) bond motifs is 3. The Balaban J connectivity index is 1.50. The number of hydrogen-bond donors (Lipinski definition) is 2. The number of H-pyrrole nitrogens is 1. The fraction of sp³-hybridized carbons (Fsp3) is 0.263. The molecule has 0 unspecified atom stereocenters. The van der Waals surface area contributed by atoms with Crippen LogP contribution in [0.4, 0.5) is 0 Å². The third-order valence-electron chi connectivity index (χ3n) is 4.56. The van der Waals surface area contributed by atoms with E-state index in [2.05, 4.69) is 27.6 Å². The van der Waals surface area contributed by atoms with E-state index in [0.717, 1.165) is 41.8 Å². The molecular formula is C19H19N3O2. The first kappa shape index (κ1) is 14.8. The van der Waals surface area contributed by atoms with Crippen molar-refractivity contribution >= 4 is 5.91 Å². The van der Waals surface area contributed by atoms with Crippen molar-refractivity contribution in [2.24, 2.45) is 0 Å². The maximum absolute atomic E-state index is 12.5. The third-order valence-corrected chi connectivity index (χ3v) is 4.56. The van der Waals surface area contributed by atoms with Gasteiger partial charge in [0.1, 0.15) is 5.76 Å². The maximum atomic E-state index is 12.5. The van der Waals surface area contributed by atoms with Gasteiger partial charge in [0.05, 0.1) is 11.9 Å². The molecule has 1 aromatic carbocycles. The maximum Gasteiger partial charge on any atom is 0.287 e. The average Bonchev–Trinajstić information content (AvgIpc) is 3.20. The summed E-state index contributed by atoms with van der Waals surface area (Å²) < 4.78 is 5.87. The van der Waals surface area contributed by atoms with Gasteiger partial charge in [-0.25, -0.2) is 0 Å². The van der Waals surface area contributed by atoms with Gasteiger partial charge in [0.2, 0.25) is 0 Å². The lowest BCUT2D eigenvalue weighted by Gasteiger charge is -2.09. The van der Waals surface area contributed by atoms with Gasteiger partial charge in [0, 0.05) is 24.1 Å². The van der Waals surface area contributed by atoms with Gasteiger partial charge in [-0.05, 0) is 30.9 Å². The highest BCUT2D eigenvalue weighted by molar-refractivity contribution is 5.95. The van der Waals surface area contributed by atoms with Crippen LogP contribution >= 0.6 is 0 Å². The van der Waals surface area contributed by atoms with Gasteiger partial charge in [-0.3, -0.25) is 9.89 Å². The first-order valence-corrected chi connectivity index (χ1v) is 8.21. The van der Waals surface area contributed by atoms with Gasteiger partial charge in [-0.2, -0.15) is 5.10 Å². The van der Waals surface area contributed by atoms with Crippen LogP contribution in [-0.4, -0.2) is 22.6 Å². The lowest BCUT2D eigenvalue weighted by Crippen LogP contribution is -2.25. The van der Waals surface area contributed by atoms with E-state index < -0.39 is 0 Å². The van der Waals surface area contributed by atoms with Gasteiger partial charge in [-0.15, -0.1) is 0 Å². The summed E-state index contributed by atoms with van der Waals surface area (Å²) in [4.78, 5) is 12.5. The van der Waals surface area contributed by atoms with E-state index >= 15 is 0 Å². The second-order valence-corrected chi connectivity index (χ2v) is 6.12. The van der Waals surface area contributed by atoms with Gasteiger partial charge in [0.25, 0.3) is 5.91 Å². The minimum Gasteiger partial charge on any atom is -0.455 e. The van der Waals surface area contributed by atoms with Gasteiger partial charge < -0.3 is 9.73 Å². The number of aromatic nitrogens is 2. The number of carbonyl (C=O) groups excluding carboxylic acids is 1.